The first kappa shape index (κ1) is 23.2. The Balaban J connectivity index is 1.59. The summed E-state index contributed by atoms with van der Waals surface area (Å²) in [6.45, 7) is 0.451. The summed E-state index contributed by atoms with van der Waals surface area (Å²) in [7, 11) is 3.05. The van der Waals surface area contributed by atoms with Crippen LogP contribution in [-0.4, -0.2) is 56.9 Å². The molecule has 10 heteroatoms. The minimum atomic E-state index is -4.76. The van der Waals surface area contributed by atoms with E-state index < -0.39 is 6.36 Å². The second-order valence-corrected chi connectivity index (χ2v) is 7.39. The smallest absolute Gasteiger partial charge is 0.497 e. The molecule has 0 aliphatic carbocycles. The van der Waals surface area contributed by atoms with Gasteiger partial charge in [0, 0.05) is 31.0 Å². The lowest BCUT2D eigenvalue weighted by Crippen LogP contribution is -2.43. The van der Waals surface area contributed by atoms with Crippen molar-refractivity contribution in [2.75, 3.05) is 44.0 Å². The van der Waals surface area contributed by atoms with Crippen LogP contribution in [0.2, 0.25) is 0 Å². The van der Waals surface area contributed by atoms with Crippen LogP contribution >= 0.6 is 0 Å². The highest BCUT2D eigenvalue weighted by Gasteiger charge is 2.32. The van der Waals surface area contributed by atoms with E-state index in [1.54, 1.807) is 29.2 Å². The van der Waals surface area contributed by atoms with Crippen LogP contribution in [0, 0.1) is 0 Å². The molecular formula is C22H24F3N3O4. The Labute approximate surface area is 183 Å². The van der Waals surface area contributed by atoms with Crippen LogP contribution < -0.4 is 19.7 Å². The third-order valence-electron chi connectivity index (χ3n) is 4.99. The number of methoxy groups -OCH3 is 1. The van der Waals surface area contributed by atoms with Crippen molar-refractivity contribution in [3.8, 4) is 11.5 Å². The summed E-state index contributed by atoms with van der Waals surface area (Å²) >= 11 is 0. The maximum atomic E-state index is 12.7. The zero-order valence-corrected chi connectivity index (χ0v) is 17.7. The largest absolute Gasteiger partial charge is 0.573 e. The molecule has 2 aromatic rings. The van der Waals surface area contributed by atoms with Crippen molar-refractivity contribution in [1.82, 2.24) is 4.90 Å². The first-order valence-corrected chi connectivity index (χ1v) is 9.96. The lowest BCUT2D eigenvalue weighted by atomic mass is 10.0. The molecule has 1 aliphatic heterocycles. The van der Waals surface area contributed by atoms with Crippen molar-refractivity contribution in [3.63, 3.8) is 0 Å². The van der Waals surface area contributed by atoms with Crippen LogP contribution in [0.1, 0.15) is 12.0 Å². The minimum Gasteiger partial charge on any atom is -0.497 e. The molecular weight excluding hydrogens is 427 g/mol. The number of nitrogens with one attached hydrogen (secondary N) is 1. The Morgan fingerprint density at radius 2 is 1.94 bits per heavy atom. The zero-order chi connectivity index (χ0) is 23.3. The molecule has 0 spiro atoms. The van der Waals surface area contributed by atoms with Crippen molar-refractivity contribution >= 4 is 23.2 Å². The number of ether oxygens (including phenoxy) is 2. The number of benzene rings is 2. The van der Waals surface area contributed by atoms with E-state index in [4.69, 9.17) is 4.74 Å². The molecule has 2 amide bonds. The standard InChI is InChI=1S/C22H24F3N3O4/c1-27(13-20(29)26-16-6-3-7-17(12-16)31-2)21(30)14-28-10-4-5-15-11-18(8-9-19(15)28)32-22(23,24)25/h3,6-9,11-12H,4-5,10,13-14H2,1-2H3,(H,26,29). The third-order valence-corrected chi connectivity index (χ3v) is 4.99. The number of halogens is 3. The molecule has 0 radical (unpaired) electrons. The number of hydrogen-bond donors (Lipinski definition) is 1. The Bertz CT molecular complexity index is 981. The van der Waals surface area contributed by atoms with E-state index in [1.807, 2.05) is 0 Å². The fourth-order valence-electron chi connectivity index (χ4n) is 3.50. The average Bonchev–Trinajstić information content (AvgIpc) is 2.72. The second kappa shape index (κ2) is 9.80. The van der Waals surface area contributed by atoms with E-state index in [1.165, 1.54) is 37.3 Å². The molecule has 0 saturated carbocycles. The summed E-state index contributed by atoms with van der Waals surface area (Å²) in [5.41, 5.74) is 1.93. The predicted molar refractivity (Wildman–Crippen MR) is 113 cm³/mol. The molecule has 172 valence electrons. The number of carbonyl (C=O) groups is 2. The average molecular weight is 451 g/mol. The Morgan fingerprint density at radius 3 is 2.66 bits per heavy atom. The first-order chi connectivity index (χ1) is 15.1. The van der Waals surface area contributed by atoms with Gasteiger partial charge < -0.3 is 24.6 Å². The van der Waals surface area contributed by atoms with Crippen molar-refractivity contribution in [3.05, 3.63) is 48.0 Å². The molecule has 32 heavy (non-hydrogen) atoms. The highest BCUT2D eigenvalue weighted by molar-refractivity contribution is 5.95. The molecule has 1 aliphatic rings. The molecule has 1 heterocycles. The van der Waals surface area contributed by atoms with Crippen molar-refractivity contribution in [2.45, 2.75) is 19.2 Å². The van der Waals surface area contributed by atoms with Gasteiger partial charge in [0.15, 0.2) is 0 Å². The van der Waals surface area contributed by atoms with Crippen LogP contribution in [0.15, 0.2) is 42.5 Å². The minimum absolute atomic E-state index is 0.00934. The molecule has 0 unspecified atom stereocenters. The molecule has 7 nitrogen and oxygen atoms in total. The summed E-state index contributed by atoms with van der Waals surface area (Å²) in [6.07, 6.45) is -3.48. The highest BCUT2D eigenvalue weighted by atomic mass is 19.4. The summed E-state index contributed by atoms with van der Waals surface area (Å²) in [5, 5.41) is 2.71. The SMILES string of the molecule is COc1cccc(NC(=O)CN(C)C(=O)CN2CCCc3cc(OC(F)(F)F)ccc32)c1. The van der Waals surface area contributed by atoms with Gasteiger partial charge in [0.05, 0.1) is 20.2 Å². The summed E-state index contributed by atoms with van der Waals surface area (Å²) in [5.74, 6) is -0.327. The molecule has 0 atom stereocenters. The van der Waals surface area contributed by atoms with Crippen LogP contribution in [0.25, 0.3) is 0 Å². The molecule has 0 aromatic heterocycles. The molecule has 3 rings (SSSR count). The van der Waals surface area contributed by atoms with Gasteiger partial charge in [-0.2, -0.15) is 0 Å². The topological polar surface area (TPSA) is 71.1 Å². The number of anilines is 2. The number of amides is 2. The van der Waals surface area contributed by atoms with Gasteiger partial charge in [-0.1, -0.05) is 6.07 Å². The number of nitrogens with zero attached hydrogens (tertiary/aromatic N) is 2. The quantitative estimate of drug-likeness (QED) is 0.699. The van der Waals surface area contributed by atoms with Crippen molar-refractivity contribution in [2.24, 2.45) is 0 Å². The Kier molecular flexibility index (Phi) is 7.12. The number of carbonyl (C=O) groups excluding carboxylic acids is 2. The van der Waals surface area contributed by atoms with E-state index in [-0.39, 0.29) is 30.7 Å². The lowest BCUT2D eigenvalue weighted by molar-refractivity contribution is -0.274. The number of rotatable bonds is 7. The van der Waals surface area contributed by atoms with Crippen molar-refractivity contribution < 1.29 is 32.2 Å². The Hall–Kier alpha value is -3.43. The van der Waals surface area contributed by atoms with Crippen LogP contribution in [0.5, 0.6) is 11.5 Å². The van der Waals surface area contributed by atoms with E-state index in [2.05, 4.69) is 10.1 Å². The van der Waals surface area contributed by atoms with Gasteiger partial charge in [-0.3, -0.25) is 9.59 Å². The monoisotopic (exact) mass is 451 g/mol. The van der Waals surface area contributed by atoms with Crippen LogP contribution in [-0.2, 0) is 16.0 Å². The van der Waals surface area contributed by atoms with Gasteiger partial charge in [-0.15, -0.1) is 13.2 Å². The van der Waals surface area contributed by atoms with Gasteiger partial charge in [-0.05, 0) is 48.7 Å². The summed E-state index contributed by atoms with van der Waals surface area (Å²) < 4.78 is 46.5. The van der Waals surface area contributed by atoms with Gasteiger partial charge in [0.25, 0.3) is 0 Å². The van der Waals surface area contributed by atoms with Gasteiger partial charge in [-0.25, -0.2) is 0 Å². The van der Waals surface area contributed by atoms with E-state index in [0.29, 0.717) is 42.1 Å². The van der Waals surface area contributed by atoms with E-state index >= 15 is 0 Å². The third kappa shape index (κ3) is 6.29. The zero-order valence-electron chi connectivity index (χ0n) is 17.7. The Morgan fingerprint density at radius 1 is 1.16 bits per heavy atom. The molecule has 0 fully saturated rings. The highest BCUT2D eigenvalue weighted by Crippen LogP contribution is 2.32. The van der Waals surface area contributed by atoms with Crippen molar-refractivity contribution in [1.29, 1.82) is 0 Å². The van der Waals surface area contributed by atoms with Gasteiger partial charge in [0.1, 0.15) is 11.5 Å². The van der Waals surface area contributed by atoms with Gasteiger partial charge >= 0.3 is 6.36 Å². The number of hydrogen-bond acceptors (Lipinski definition) is 5. The normalized spacial score (nSPS) is 13.2. The summed E-state index contributed by atoms with van der Waals surface area (Å²) in [6, 6.07) is 11.0. The number of likely N-dealkylation sites (N-methyl/N-ethyl adjacent to an activating group) is 1. The molecule has 2 aromatic carbocycles. The first-order valence-electron chi connectivity index (χ1n) is 9.96. The van der Waals surface area contributed by atoms with Gasteiger partial charge in [0.2, 0.25) is 11.8 Å². The number of alkyl halides is 3. The summed E-state index contributed by atoms with van der Waals surface area (Å²) in [4.78, 5) is 28.1. The predicted octanol–water partition coefficient (Wildman–Crippen LogP) is 3.44. The fourth-order valence-corrected chi connectivity index (χ4v) is 3.50. The van der Waals surface area contributed by atoms with E-state index in [9.17, 15) is 22.8 Å². The van der Waals surface area contributed by atoms with Crippen LogP contribution in [0.4, 0.5) is 24.5 Å². The second-order valence-electron chi connectivity index (χ2n) is 7.39. The fraction of sp³-hybridized carbons (Fsp3) is 0.364. The molecule has 0 saturated heterocycles. The number of aryl methyl sites for hydroxylation is 1. The van der Waals surface area contributed by atoms with E-state index in [0.717, 1.165) is 0 Å². The lowest BCUT2D eigenvalue weighted by Gasteiger charge is -2.32. The maximum absolute atomic E-state index is 12.7. The number of fused-ring (bicyclic) bond motifs is 1. The molecule has 1 N–H and O–H groups in total. The van der Waals surface area contributed by atoms with Crippen LogP contribution in [0.3, 0.4) is 0 Å². The molecule has 0 bridgehead atoms. The maximum Gasteiger partial charge on any atom is 0.573 e.